The number of carbonyl (C=O) groups is 1. The molecule has 0 atom stereocenters. The Morgan fingerprint density at radius 1 is 1.90 bits per heavy atom. The number of carbonyl (C=O) groups excluding carboxylic acids is 1. The molecule has 10 heavy (non-hydrogen) atoms. The first-order valence-electron chi connectivity index (χ1n) is 2.74. The van der Waals surface area contributed by atoms with Crippen LogP contribution in [0.3, 0.4) is 0 Å². The largest absolute Gasteiger partial charge is 0.469 e. The molecule has 0 aliphatic heterocycles. The Balaban J connectivity index is 2.48. The monoisotopic (exact) mass is 141 g/mol. The molecule has 0 radical (unpaired) electrons. The van der Waals surface area contributed by atoms with Crippen LogP contribution < -0.4 is 0 Å². The van der Waals surface area contributed by atoms with E-state index >= 15 is 0 Å². The zero-order chi connectivity index (χ0) is 7.40. The van der Waals surface area contributed by atoms with Crippen LogP contribution in [0.1, 0.15) is 5.82 Å². The Hall–Kier alpha value is -1.39. The Labute approximate surface area is 57.4 Å². The van der Waals surface area contributed by atoms with Crippen LogP contribution in [0.2, 0.25) is 0 Å². The third-order valence-electron chi connectivity index (χ3n) is 1.00. The predicted molar refractivity (Wildman–Crippen MR) is 32.1 cm³/mol. The number of esters is 1. The van der Waals surface area contributed by atoms with Crippen molar-refractivity contribution in [3.63, 3.8) is 0 Å². The molecular weight excluding hydrogens is 134 g/mol. The van der Waals surface area contributed by atoms with Crippen LogP contribution in [-0.4, -0.2) is 28.3 Å². The van der Waals surface area contributed by atoms with Gasteiger partial charge in [0.2, 0.25) is 0 Å². The van der Waals surface area contributed by atoms with Gasteiger partial charge in [0.25, 0.3) is 0 Å². The second-order valence-corrected chi connectivity index (χ2v) is 1.69. The van der Waals surface area contributed by atoms with Gasteiger partial charge in [-0.25, -0.2) is 4.98 Å². The van der Waals surface area contributed by atoms with Crippen LogP contribution >= 0.6 is 0 Å². The Morgan fingerprint density at radius 3 is 3.20 bits per heavy atom. The second-order valence-electron chi connectivity index (χ2n) is 1.69. The molecule has 1 heterocycles. The van der Waals surface area contributed by atoms with Crippen molar-refractivity contribution in [2.24, 2.45) is 0 Å². The lowest BCUT2D eigenvalue weighted by atomic mass is 10.4. The Morgan fingerprint density at radius 2 is 2.70 bits per heavy atom. The van der Waals surface area contributed by atoms with E-state index in [1.807, 2.05) is 0 Å². The van der Waals surface area contributed by atoms with E-state index in [1.165, 1.54) is 13.4 Å². The topological polar surface area (TPSA) is 67.9 Å². The molecule has 0 fully saturated rings. The van der Waals surface area contributed by atoms with E-state index in [0.717, 1.165) is 0 Å². The van der Waals surface area contributed by atoms with Crippen molar-refractivity contribution in [2.45, 2.75) is 6.42 Å². The van der Waals surface area contributed by atoms with E-state index in [-0.39, 0.29) is 12.4 Å². The van der Waals surface area contributed by atoms with E-state index in [2.05, 4.69) is 19.9 Å². The highest BCUT2D eigenvalue weighted by molar-refractivity contribution is 5.71. The lowest BCUT2D eigenvalue weighted by Crippen LogP contribution is -2.05. The predicted octanol–water partition coefficient (Wildman–Crippen LogP) is -0.480. The summed E-state index contributed by atoms with van der Waals surface area (Å²) in [6.45, 7) is 0. The van der Waals surface area contributed by atoms with E-state index in [9.17, 15) is 4.79 Å². The summed E-state index contributed by atoms with van der Waals surface area (Å²) >= 11 is 0. The van der Waals surface area contributed by atoms with Gasteiger partial charge in [-0.15, -0.1) is 0 Å². The number of nitrogens with one attached hydrogen (secondary N) is 1. The number of hydrogen-bond donors (Lipinski definition) is 1. The molecule has 0 aliphatic rings. The summed E-state index contributed by atoms with van der Waals surface area (Å²) in [6.07, 6.45) is 1.49. The molecule has 54 valence electrons. The smallest absolute Gasteiger partial charge is 0.313 e. The summed E-state index contributed by atoms with van der Waals surface area (Å²) in [7, 11) is 1.33. The molecule has 0 unspecified atom stereocenters. The van der Waals surface area contributed by atoms with Gasteiger partial charge >= 0.3 is 5.97 Å². The number of rotatable bonds is 2. The summed E-state index contributed by atoms with van der Waals surface area (Å²) in [6, 6.07) is 0. The van der Waals surface area contributed by atoms with E-state index < -0.39 is 0 Å². The first-order chi connectivity index (χ1) is 4.83. The average Bonchev–Trinajstić information content (AvgIpc) is 2.40. The van der Waals surface area contributed by atoms with Gasteiger partial charge in [-0.2, -0.15) is 5.10 Å². The van der Waals surface area contributed by atoms with Crippen molar-refractivity contribution in [3.8, 4) is 0 Å². The fourth-order valence-electron chi connectivity index (χ4n) is 0.525. The molecule has 1 aromatic heterocycles. The molecule has 0 amide bonds. The van der Waals surface area contributed by atoms with Crippen molar-refractivity contribution in [1.82, 2.24) is 15.2 Å². The Bertz CT molecular complexity index is 207. The third-order valence-corrected chi connectivity index (χ3v) is 1.00. The SMILES string of the molecule is COC(=O)Cc1ncn[nH]1. The highest BCUT2D eigenvalue weighted by atomic mass is 16.5. The summed E-state index contributed by atoms with van der Waals surface area (Å²) < 4.78 is 4.40. The fraction of sp³-hybridized carbons (Fsp3) is 0.400. The van der Waals surface area contributed by atoms with Crippen molar-refractivity contribution in [1.29, 1.82) is 0 Å². The van der Waals surface area contributed by atoms with Crippen LogP contribution in [0.15, 0.2) is 6.33 Å². The minimum Gasteiger partial charge on any atom is -0.469 e. The van der Waals surface area contributed by atoms with Gasteiger partial charge in [0.05, 0.1) is 7.11 Å². The van der Waals surface area contributed by atoms with E-state index in [1.54, 1.807) is 0 Å². The Kier molecular flexibility index (Phi) is 1.99. The molecule has 1 N–H and O–H groups in total. The number of aromatic amines is 1. The van der Waals surface area contributed by atoms with Crippen LogP contribution in [0.25, 0.3) is 0 Å². The normalized spacial score (nSPS) is 9.30. The summed E-state index contributed by atoms with van der Waals surface area (Å²) in [4.78, 5) is 14.3. The van der Waals surface area contributed by atoms with Crippen LogP contribution in [-0.2, 0) is 16.0 Å². The molecular formula is C5H7N3O2. The molecule has 0 aliphatic carbocycles. The van der Waals surface area contributed by atoms with Crippen LogP contribution in [0, 0.1) is 0 Å². The van der Waals surface area contributed by atoms with Crippen molar-refractivity contribution in [3.05, 3.63) is 12.2 Å². The number of ether oxygens (including phenoxy) is 1. The molecule has 0 spiro atoms. The highest BCUT2D eigenvalue weighted by Crippen LogP contribution is 1.88. The average molecular weight is 141 g/mol. The zero-order valence-corrected chi connectivity index (χ0v) is 5.50. The lowest BCUT2D eigenvalue weighted by Gasteiger charge is -1.92. The van der Waals surface area contributed by atoms with Gasteiger partial charge in [0.15, 0.2) is 0 Å². The summed E-state index contributed by atoms with van der Waals surface area (Å²) in [5, 5.41) is 6.11. The van der Waals surface area contributed by atoms with Gasteiger partial charge in [-0.1, -0.05) is 0 Å². The first-order valence-corrected chi connectivity index (χ1v) is 2.74. The van der Waals surface area contributed by atoms with Crippen LogP contribution in [0.5, 0.6) is 0 Å². The first kappa shape index (κ1) is 6.73. The maximum Gasteiger partial charge on any atom is 0.313 e. The lowest BCUT2D eigenvalue weighted by molar-refractivity contribution is -0.139. The summed E-state index contributed by atoms with van der Waals surface area (Å²) in [5.74, 6) is 0.198. The zero-order valence-electron chi connectivity index (χ0n) is 5.50. The summed E-state index contributed by atoms with van der Waals surface area (Å²) in [5.41, 5.74) is 0. The number of hydrogen-bond acceptors (Lipinski definition) is 4. The van der Waals surface area contributed by atoms with Crippen LogP contribution in [0.4, 0.5) is 0 Å². The van der Waals surface area contributed by atoms with E-state index in [4.69, 9.17) is 0 Å². The molecule has 1 aromatic rings. The van der Waals surface area contributed by atoms with Gasteiger partial charge < -0.3 is 4.74 Å². The van der Waals surface area contributed by atoms with Crippen molar-refractivity contribution < 1.29 is 9.53 Å². The van der Waals surface area contributed by atoms with Gasteiger partial charge in [0, 0.05) is 0 Å². The second kappa shape index (κ2) is 2.95. The number of aromatic nitrogens is 3. The molecule has 0 saturated heterocycles. The molecule has 0 saturated carbocycles. The maximum absolute atomic E-state index is 10.6. The van der Waals surface area contributed by atoms with Crippen molar-refractivity contribution >= 4 is 5.97 Å². The third kappa shape index (κ3) is 1.54. The molecule has 1 rings (SSSR count). The molecule has 0 aromatic carbocycles. The maximum atomic E-state index is 10.6. The van der Waals surface area contributed by atoms with E-state index in [0.29, 0.717) is 5.82 Å². The fourth-order valence-corrected chi connectivity index (χ4v) is 0.525. The quantitative estimate of drug-likeness (QED) is 0.565. The number of methoxy groups -OCH3 is 1. The molecule has 0 bridgehead atoms. The minimum absolute atomic E-state index is 0.149. The standard InChI is InChI=1S/C5H7N3O2/c1-10-5(9)2-4-6-3-7-8-4/h3H,2H2,1H3,(H,6,7,8). The van der Waals surface area contributed by atoms with Gasteiger partial charge in [-0.3, -0.25) is 9.89 Å². The van der Waals surface area contributed by atoms with Gasteiger partial charge in [-0.05, 0) is 0 Å². The number of H-pyrrole nitrogens is 1. The molecule has 5 heteroatoms. The van der Waals surface area contributed by atoms with Crippen molar-refractivity contribution in [2.75, 3.05) is 7.11 Å². The number of nitrogens with zero attached hydrogens (tertiary/aromatic N) is 2. The molecule has 5 nitrogen and oxygen atoms in total. The van der Waals surface area contributed by atoms with Gasteiger partial charge in [0.1, 0.15) is 18.6 Å². The minimum atomic E-state index is -0.322. The highest BCUT2D eigenvalue weighted by Gasteiger charge is 2.03.